The number of nitrogens with two attached hydrogens (primary N) is 1. The number of alkyl halides is 2. The molecule has 0 aliphatic heterocycles. The molecule has 7 heteroatoms. The highest BCUT2D eigenvalue weighted by molar-refractivity contribution is 6.32. The van der Waals surface area contributed by atoms with Gasteiger partial charge in [0.15, 0.2) is 0 Å². The number of rotatable bonds is 7. The summed E-state index contributed by atoms with van der Waals surface area (Å²) in [5.41, 5.74) is 6.10. The molecule has 0 unspecified atom stereocenters. The van der Waals surface area contributed by atoms with E-state index in [9.17, 15) is 13.6 Å². The van der Waals surface area contributed by atoms with Gasteiger partial charge in [0.2, 0.25) is 5.91 Å². The van der Waals surface area contributed by atoms with Crippen LogP contribution in [0.25, 0.3) is 0 Å². The molecule has 1 aromatic rings. The van der Waals surface area contributed by atoms with Crippen molar-refractivity contribution in [3.8, 4) is 5.75 Å². The molecule has 0 bridgehead atoms. The summed E-state index contributed by atoms with van der Waals surface area (Å²) in [4.78, 5) is 11.8. The first-order valence-electron chi connectivity index (χ1n) is 6.24. The van der Waals surface area contributed by atoms with Crippen LogP contribution in [0.15, 0.2) is 18.2 Å². The first-order chi connectivity index (χ1) is 9.43. The maximum Gasteiger partial charge on any atom is 0.387 e. The van der Waals surface area contributed by atoms with Gasteiger partial charge in [0.05, 0.1) is 11.1 Å². The fourth-order valence-electron chi connectivity index (χ4n) is 1.56. The molecule has 0 saturated carbocycles. The molecule has 0 spiro atoms. The smallest absolute Gasteiger partial charge is 0.387 e. The zero-order valence-electron chi connectivity index (χ0n) is 11.0. The van der Waals surface area contributed by atoms with Gasteiger partial charge >= 0.3 is 6.61 Å². The van der Waals surface area contributed by atoms with Crippen LogP contribution in [0.5, 0.6) is 5.75 Å². The minimum Gasteiger partial charge on any atom is -0.433 e. The highest BCUT2D eigenvalue weighted by Gasteiger charge is 2.14. The molecule has 3 N–H and O–H groups in total. The van der Waals surface area contributed by atoms with E-state index in [1.807, 2.05) is 6.92 Å². The summed E-state index contributed by atoms with van der Waals surface area (Å²) in [6, 6.07) is 3.42. The molecule has 0 heterocycles. The summed E-state index contributed by atoms with van der Waals surface area (Å²) in [6.07, 6.45) is 2.39. The second-order valence-corrected chi connectivity index (χ2v) is 4.67. The van der Waals surface area contributed by atoms with Crippen molar-refractivity contribution in [1.82, 2.24) is 0 Å². The van der Waals surface area contributed by atoms with Crippen LogP contribution in [0.1, 0.15) is 26.2 Å². The minimum atomic E-state index is -2.95. The Bertz CT molecular complexity index is 458. The van der Waals surface area contributed by atoms with Gasteiger partial charge in [0, 0.05) is 5.69 Å². The Morgan fingerprint density at radius 3 is 2.75 bits per heavy atom. The minimum absolute atomic E-state index is 0.00905. The molecular weight excluding hydrogens is 290 g/mol. The van der Waals surface area contributed by atoms with Crippen LogP contribution in [0.4, 0.5) is 14.5 Å². The van der Waals surface area contributed by atoms with Crippen molar-refractivity contribution in [2.45, 2.75) is 38.8 Å². The van der Waals surface area contributed by atoms with Crippen LogP contribution in [-0.2, 0) is 4.79 Å². The zero-order chi connectivity index (χ0) is 15.1. The van der Waals surface area contributed by atoms with Gasteiger partial charge in [-0.25, -0.2) is 0 Å². The van der Waals surface area contributed by atoms with Gasteiger partial charge in [0.25, 0.3) is 0 Å². The lowest BCUT2D eigenvalue weighted by Crippen LogP contribution is -2.35. The molecule has 20 heavy (non-hydrogen) atoms. The molecule has 112 valence electrons. The van der Waals surface area contributed by atoms with E-state index in [1.165, 1.54) is 18.2 Å². The van der Waals surface area contributed by atoms with E-state index in [2.05, 4.69) is 10.1 Å². The van der Waals surface area contributed by atoms with E-state index < -0.39 is 12.7 Å². The van der Waals surface area contributed by atoms with Gasteiger partial charge in [0.1, 0.15) is 5.75 Å². The normalized spacial score (nSPS) is 12.3. The van der Waals surface area contributed by atoms with E-state index in [4.69, 9.17) is 17.3 Å². The van der Waals surface area contributed by atoms with Crippen LogP contribution < -0.4 is 15.8 Å². The number of ether oxygens (including phenoxy) is 1. The maximum absolute atomic E-state index is 12.1. The van der Waals surface area contributed by atoms with Gasteiger partial charge in [-0.1, -0.05) is 31.4 Å². The predicted molar refractivity (Wildman–Crippen MR) is 74.2 cm³/mol. The maximum atomic E-state index is 12.1. The van der Waals surface area contributed by atoms with Crippen LogP contribution in [0.3, 0.4) is 0 Å². The van der Waals surface area contributed by atoms with Crippen molar-refractivity contribution in [1.29, 1.82) is 0 Å². The predicted octanol–water partition coefficient (Wildman–Crippen LogP) is 3.40. The van der Waals surface area contributed by atoms with Crippen LogP contribution in [0.2, 0.25) is 5.02 Å². The molecule has 0 saturated heterocycles. The molecule has 1 rings (SSSR count). The van der Waals surface area contributed by atoms with Crippen LogP contribution in [0, 0.1) is 0 Å². The molecule has 1 aromatic carbocycles. The lowest BCUT2D eigenvalue weighted by atomic mass is 10.1. The van der Waals surface area contributed by atoms with Crippen molar-refractivity contribution in [2.24, 2.45) is 5.73 Å². The lowest BCUT2D eigenvalue weighted by Gasteiger charge is -2.13. The molecular formula is C13H17ClF2N2O2. The summed E-state index contributed by atoms with van der Waals surface area (Å²) < 4.78 is 28.3. The number of hydrogen-bond donors (Lipinski definition) is 2. The summed E-state index contributed by atoms with van der Waals surface area (Å²) in [5.74, 6) is -0.480. The molecule has 0 aliphatic rings. The van der Waals surface area contributed by atoms with E-state index in [1.54, 1.807) is 0 Å². The van der Waals surface area contributed by atoms with E-state index in [-0.39, 0.29) is 16.7 Å². The van der Waals surface area contributed by atoms with Gasteiger partial charge in [-0.3, -0.25) is 4.79 Å². The third kappa shape index (κ3) is 5.30. The van der Waals surface area contributed by atoms with Gasteiger partial charge in [-0.2, -0.15) is 8.78 Å². The number of amides is 1. The monoisotopic (exact) mass is 306 g/mol. The number of unbranched alkanes of at least 4 members (excludes halogenated alkanes) is 1. The van der Waals surface area contributed by atoms with Crippen LogP contribution in [-0.4, -0.2) is 18.6 Å². The van der Waals surface area contributed by atoms with Crippen molar-refractivity contribution < 1.29 is 18.3 Å². The van der Waals surface area contributed by atoms with Gasteiger partial charge < -0.3 is 15.8 Å². The number of nitrogens with one attached hydrogen (secondary N) is 1. The Balaban J connectivity index is 2.64. The Morgan fingerprint density at radius 1 is 1.50 bits per heavy atom. The number of hydrogen-bond acceptors (Lipinski definition) is 3. The molecule has 0 aliphatic carbocycles. The van der Waals surface area contributed by atoms with Crippen molar-refractivity contribution >= 4 is 23.2 Å². The highest BCUT2D eigenvalue weighted by atomic mass is 35.5. The summed E-state index contributed by atoms with van der Waals surface area (Å²) in [7, 11) is 0. The van der Waals surface area contributed by atoms with E-state index >= 15 is 0 Å². The molecule has 0 aromatic heterocycles. The number of anilines is 1. The average molecular weight is 307 g/mol. The third-order valence-electron chi connectivity index (χ3n) is 2.62. The van der Waals surface area contributed by atoms with Crippen molar-refractivity contribution in [2.75, 3.05) is 5.32 Å². The SMILES string of the molecule is CCCC[C@H](N)C(=O)Nc1ccc(OC(F)F)c(Cl)c1. The largest absolute Gasteiger partial charge is 0.433 e. The second-order valence-electron chi connectivity index (χ2n) is 4.26. The Kier molecular flexibility index (Phi) is 6.67. The third-order valence-corrected chi connectivity index (χ3v) is 2.92. The molecule has 0 radical (unpaired) electrons. The van der Waals surface area contributed by atoms with Gasteiger partial charge in [-0.15, -0.1) is 0 Å². The number of benzene rings is 1. The molecule has 1 atom stereocenters. The van der Waals surface area contributed by atoms with Crippen molar-refractivity contribution in [3.63, 3.8) is 0 Å². The molecule has 1 amide bonds. The first-order valence-corrected chi connectivity index (χ1v) is 6.62. The summed E-state index contributed by atoms with van der Waals surface area (Å²) in [6.45, 7) is -0.943. The van der Waals surface area contributed by atoms with Gasteiger partial charge in [-0.05, 0) is 24.6 Å². The Hall–Kier alpha value is -1.40. The van der Waals surface area contributed by atoms with Crippen LogP contribution >= 0.6 is 11.6 Å². The molecule has 4 nitrogen and oxygen atoms in total. The molecule has 0 fully saturated rings. The first kappa shape index (κ1) is 16.7. The number of carbonyl (C=O) groups excluding carboxylic acids is 1. The fraction of sp³-hybridized carbons (Fsp3) is 0.462. The lowest BCUT2D eigenvalue weighted by molar-refractivity contribution is -0.117. The summed E-state index contributed by atoms with van der Waals surface area (Å²) >= 11 is 5.78. The standard InChI is InChI=1S/C13H17ClF2N2O2/c1-2-3-4-10(17)12(19)18-8-5-6-11(9(14)7-8)20-13(15)16/h5-7,10,13H,2-4,17H2,1H3,(H,18,19)/t10-/m0/s1. The fourth-order valence-corrected chi connectivity index (χ4v) is 1.79. The average Bonchev–Trinajstić information content (AvgIpc) is 2.38. The number of halogens is 3. The Morgan fingerprint density at radius 2 is 2.20 bits per heavy atom. The quantitative estimate of drug-likeness (QED) is 0.811. The second kappa shape index (κ2) is 8.01. The highest BCUT2D eigenvalue weighted by Crippen LogP contribution is 2.28. The topological polar surface area (TPSA) is 64.4 Å². The summed E-state index contributed by atoms with van der Waals surface area (Å²) in [5, 5.41) is 2.57. The zero-order valence-corrected chi connectivity index (χ0v) is 11.8. The Labute approximate surface area is 121 Å². The van der Waals surface area contributed by atoms with E-state index in [0.29, 0.717) is 12.1 Å². The van der Waals surface area contributed by atoms with E-state index in [0.717, 1.165) is 12.8 Å². The van der Waals surface area contributed by atoms with Crippen molar-refractivity contribution in [3.05, 3.63) is 23.2 Å². The number of carbonyl (C=O) groups is 1.